The average Bonchev–Trinajstić information content (AvgIpc) is 2.47. The van der Waals surface area contributed by atoms with Crippen LogP contribution in [0.1, 0.15) is 58.3 Å². The van der Waals surface area contributed by atoms with Gasteiger partial charge < -0.3 is 4.74 Å². The van der Waals surface area contributed by atoms with Crippen molar-refractivity contribution in [1.29, 1.82) is 0 Å². The van der Waals surface area contributed by atoms with Crippen LogP contribution in [0.15, 0.2) is 0 Å². The minimum atomic E-state index is -0.0831. The van der Waals surface area contributed by atoms with E-state index in [-0.39, 0.29) is 5.97 Å². The Morgan fingerprint density at radius 2 is 1.48 bits per heavy atom. The normalized spacial score (nSPS) is 11.0. The van der Waals surface area contributed by atoms with Gasteiger partial charge in [-0.05, 0) is 6.42 Å². The summed E-state index contributed by atoms with van der Waals surface area (Å²) in [6.07, 6.45) is 9.04. The van der Waals surface area contributed by atoms with Crippen LogP contribution in [-0.4, -0.2) is 48.9 Å². The van der Waals surface area contributed by atoms with Crippen LogP contribution in [-0.2, 0) is 9.53 Å². The van der Waals surface area contributed by atoms with E-state index in [0.717, 1.165) is 25.9 Å². The summed E-state index contributed by atoms with van der Waals surface area (Å²) < 4.78 is 5.24. The van der Waals surface area contributed by atoms with Crippen molar-refractivity contribution >= 4 is 29.2 Å². The topological polar surface area (TPSA) is 29.5 Å². The van der Waals surface area contributed by atoms with E-state index < -0.39 is 0 Å². The maximum Gasteiger partial charge on any atom is 0.305 e. The molecule has 0 atom stereocenters. The quantitative estimate of drug-likeness (QED) is 0.251. The lowest BCUT2D eigenvalue weighted by Crippen LogP contribution is -2.31. The third-order valence-electron chi connectivity index (χ3n) is 3.46. The smallest absolute Gasteiger partial charge is 0.305 e. The maximum atomic E-state index is 11.6. The minimum absolute atomic E-state index is 0.0831. The number of halogens is 2. The second kappa shape index (κ2) is 16.4. The summed E-state index contributed by atoms with van der Waals surface area (Å²) in [6.45, 7) is 4.93. The molecule has 0 heterocycles. The molecular weight excluding hydrogens is 309 g/mol. The van der Waals surface area contributed by atoms with Gasteiger partial charge in [-0.3, -0.25) is 9.69 Å². The van der Waals surface area contributed by atoms with E-state index in [4.69, 9.17) is 27.9 Å². The Labute approximate surface area is 140 Å². The zero-order chi connectivity index (χ0) is 15.8. The Hall–Kier alpha value is 0.01000. The van der Waals surface area contributed by atoms with Crippen molar-refractivity contribution < 1.29 is 9.53 Å². The molecule has 0 N–H and O–H groups in total. The molecule has 0 aliphatic rings. The van der Waals surface area contributed by atoms with E-state index in [9.17, 15) is 4.79 Å². The third kappa shape index (κ3) is 14.7. The van der Waals surface area contributed by atoms with Gasteiger partial charge in [0.2, 0.25) is 0 Å². The number of carbonyl (C=O) groups is 1. The summed E-state index contributed by atoms with van der Waals surface area (Å²) in [6, 6.07) is 0. The average molecular weight is 340 g/mol. The van der Waals surface area contributed by atoms with Crippen molar-refractivity contribution in [3.63, 3.8) is 0 Å². The number of hydrogen-bond acceptors (Lipinski definition) is 3. The molecule has 0 amide bonds. The second-order valence-corrected chi connectivity index (χ2v) is 6.07. The molecule has 0 unspecified atom stereocenters. The van der Waals surface area contributed by atoms with Crippen LogP contribution in [0.3, 0.4) is 0 Å². The molecule has 5 heteroatoms. The molecule has 0 fully saturated rings. The first-order chi connectivity index (χ1) is 10.2. The molecule has 0 bridgehead atoms. The summed E-state index contributed by atoms with van der Waals surface area (Å²) in [5.74, 6) is 1.06. The van der Waals surface area contributed by atoms with Gasteiger partial charge in [0.15, 0.2) is 0 Å². The summed E-state index contributed by atoms with van der Waals surface area (Å²) in [5.41, 5.74) is 0. The lowest BCUT2D eigenvalue weighted by Gasteiger charge is -2.19. The summed E-state index contributed by atoms with van der Waals surface area (Å²) >= 11 is 11.4. The van der Waals surface area contributed by atoms with Crippen LogP contribution in [0.2, 0.25) is 0 Å². The molecule has 0 aliphatic carbocycles. The van der Waals surface area contributed by atoms with Gasteiger partial charge in [-0.15, -0.1) is 23.2 Å². The third-order valence-corrected chi connectivity index (χ3v) is 3.79. The molecule has 0 aromatic carbocycles. The fourth-order valence-electron chi connectivity index (χ4n) is 2.16. The molecule has 0 saturated carbocycles. The first kappa shape index (κ1) is 21.0. The highest BCUT2D eigenvalue weighted by atomic mass is 35.5. The van der Waals surface area contributed by atoms with Gasteiger partial charge in [-0.1, -0.05) is 45.4 Å². The van der Waals surface area contributed by atoms with Crippen molar-refractivity contribution in [3.8, 4) is 0 Å². The molecule has 0 radical (unpaired) electrons. The molecule has 0 aromatic rings. The monoisotopic (exact) mass is 339 g/mol. The first-order valence-electron chi connectivity index (χ1n) is 8.24. The van der Waals surface area contributed by atoms with Crippen LogP contribution < -0.4 is 0 Å². The number of carbonyl (C=O) groups excluding carboxylic acids is 1. The van der Waals surface area contributed by atoms with Crippen molar-refractivity contribution in [1.82, 2.24) is 4.90 Å². The van der Waals surface area contributed by atoms with E-state index in [2.05, 4.69) is 11.8 Å². The maximum absolute atomic E-state index is 11.6. The SMILES string of the molecule is CCCCCCCCCC(=O)OCCN(CCCl)CCCl. The van der Waals surface area contributed by atoms with Crippen molar-refractivity contribution in [2.45, 2.75) is 58.3 Å². The fourth-order valence-corrected chi connectivity index (χ4v) is 2.64. The number of ether oxygens (including phenoxy) is 1. The van der Waals surface area contributed by atoms with Gasteiger partial charge in [-0.2, -0.15) is 0 Å². The van der Waals surface area contributed by atoms with E-state index >= 15 is 0 Å². The van der Waals surface area contributed by atoms with Crippen LogP contribution in [0.4, 0.5) is 0 Å². The van der Waals surface area contributed by atoms with E-state index in [1.807, 2.05) is 0 Å². The molecule has 3 nitrogen and oxygen atoms in total. The molecule has 0 rings (SSSR count). The number of esters is 1. The van der Waals surface area contributed by atoms with Gasteiger partial charge in [0.25, 0.3) is 0 Å². The fraction of sp³-hybridized carbons (Fsp3) is 0.938. The zero-order valence-electron chi connectivity index (χ0n) is 13.4. The molecule has 0 spiro atoms. The van der Waals surface area contributed by atoms with Gasteiger partial charge in [0.05, 0.1) is 0 Å². The number of rotatable bonds is 15. The molecule has 0 saturated heterocycles. The van der Waals surface area contributed by atoms with E-state index in [0.29, 0.717) is 31.3 Å². The largest absolute Gasteiger partial charge is 0.464 e. The Kier molecular flexibility index (Phi) is 16.4. The van der Waals surface area contributed by atoms with Gasteiger partial charge in [-0.25, -0.2) is 0 Å². The van der Waals surface area contributed by atoms with Crippen LogP contribution in [0.5, 0.6) is 0 Å². The van der Waals surface area contributed by atoms with Crippen LogP contribution in [0.25, 0.3) is 0 Å². The number of nitrogens with zero attached hydrogens (tertiary/aromatic N) is 1. The first-order valence-corrected chi connectivity index (χ1v) is 9.31. The highest BCUT2D eigenvalue weighted by Crippen LogP contribution is 2.08. The molecule has 126 valence electrons. The Bertz CT molecular complexity index is 234. The number of alkyl halides is 2. The van der Waals surface area contributed by atoms with E-state index in [1.54, 1.807) is 0 Å². The molecular formula is C16H31Cl2NO2. The van der Waals surface area contributed by atoms with Crippen LogP contribution in [0, 0.1) is 0 Å². The van der Waals surface area contributed by atoms with Gasteiger partial charge in [0.1, 0.15) is 6.61 Å². The standard InChI is InChI=1S/C16H31Cl2NO2/c1-2-3-4-5-6-7-8-9-16(20)21-15-14-19(12-10-17)13-11-18/h2-15H2,1H3. The predicted octanol–water partition coefficient (Wildman–Crippen LogP) is 4.45. The molecule has 0 aliphatic heterocycles. The zero-order valence-corrected chi connectivity index (χ0v) is 14.9. The van der Waals surface area contributed by atoms with Crippen molar-refractivity contribution in [3.05, 3.63) is 0 Å². The lowest BCUT2D eigenvalue weighted by atomic mass is 10.1. The minimum Gasteiger partial charge on any atom is -0.464 e. The van der Waals surface area contributed by atoms with E-state index in [1.165, 1.54) is 32.1 Å². The predicted molar refractivity (Wildman–Crippen MR) is 91.4 cm³/mol. The van der Waals surface area contributed by atoms with Crippen molar-refractivity contribution in [2.24, 2.45) is 0 Å². The highest BCUT2D eigenvalue weighted by Gasteiger charge is 2.06. The second-order valence-electron chi connectivity index (χ2n) is 5.31. The Morgan fingerprint density at radius 3 is 2.05 bits per heavy atom. The van der Waals surface area contributed by atoms with Crippen LogP contribution >= 0.6 is 23.2 Å². The highest BCUT2D eigenvalue weighted by molar-refractivity contribution is 6.18. The van der Waals surface area contributed by atoms with Gasteiger partial charge >= 0.3 is 5.97 Å². The van der Waals surface area contributed by atoms with Crippen molar-refractivity contribution in [2.75, 3.05) is 38.0 Å². The summed E-state index contributed by atoms with van der Waals surface area (Å²) in [4.78, 5) is 13.7. The summed E-state index contributed by atoms with van der Waals surface area (Å²) in [5, 5.41) is 0. The number of unbranched alkanes of at least 4 members (excludes halogenated alkanes) is 6. The molecule has 0 aromatic heterocycles. The number of hydrogen-bond donors (Lipinski definition) is 0. The Balaban J connectivity index is 3.44. The molecule has 21 heavy (non-hydrogen) atoms. The summed E-state index contributed by atoms with van der Waals surface area (Å²) in [7, 11) is 0. The Morgan fingerprint density at radius 1 is 0.905 bits per heavy atom. The lowest BCUT2D eigenvalue weighted by molar-refractivity contribution is -0.144. The van der Waals surface area contributed by atoms with Gasteiger partial charge in [0, 0.05) is 37.8 Å².